The van der Waals surface area contributed by atoms with Crippen molar-refractivity contribution in [2.75, 3.05) is 13.7 Å². The van der Waals surface area contributed by atoms with E-state index >= 15 is 0 Å². The van der Waals surface area contributed by atoms with Gasteiger partial charge in [0.05, 0.1) is 18.7 Å². The second kappa shape index (κ2) is 6.57. The zero-order valence-electron chi connectivity index (χ0n) is 11.6. The van der Waals surface area contributed by atoms with Gasteiger partial charge in [0.25, 0.3) is 0 Å². The van der Waals surface area contributed by atoms with Crippen LogP contribution in [-0.4, -0.2) is 25.8 Å². The van der Waals surface area contributed by atoms with E-state index in [0.29, 0.717) is 12.5 Å². The largest absolute Gasteiger partial charge is 0.383 e. The molecule has 2 atom stereocenters. The van der Waals surface area contributed by atoms with Crippen LogP contribution in [0.5, 0.6) is 0 Å². The molecule has 1 saturated carbocycles. The first-order valence-electron chi connectivity index (χ1n) is 6.81. The predicted molar refractivity (Wildman–Crippen MR) is 74.9 cm³/mol. The molecule has 2 N–H and O–H groups in total. The van der Waals surface area contributed by atoms with Crippen LogP contribution in [0, 0.1) is 5.92 Å². The summed E-state index contributed by atoms with van der Waals surface area (Å²) in [6.07, 6.45) is 2.38. The number of hydrogen-bond donors (Lipinski definition) is 2. The number of amides is 2. The minimum absolute atomic E-state index is 0.0145. The SMILES string of the molecule is COCC(C)NC(=O)NC(c1ccccc1)C1CC1. The Kier molecular flexibility index (Phi) is 4.80. The highest BCUT2D eigenvalue weighted by molar-refractivity contribution is 5.74. The van der Waals surface area contributed by atoms with E-state index in [1.54, 1.807) is 7.11 Å². The number of benzene rings is 1. The smallest absolute Gasteiger partial charge is 0.315 e. The van der Waals surface area contributed by atoms with E-state index in [4.69, 9.17) is 4.74 Å². The molecule has 0 spiro atoms. The Morgan fingerprint density at radius 3 is 2.58 bits per heavy atom. The van der Waals surface area contributed by atoms with E-state index in [1.165, 1.54) is 18.4 Å². The molecule has 4 nitrogen and oxygen atoms in total. The molecule has 1 fully saturated rings. The maximum Gasteiger partial charge on any atom is 0.315 e. The minimum Gasteiger partial charge on any atom is -0.383 e. The molecular formula is C15H22N2O2. The second-order valence-corrected chi connectivity index (χ2v) is 5.20. The van der Waals surface area contributed by atoms with Crippen molar-refractivity contribution in [3.63, 3.8) is 0 Å². The summed E-state index contributed by atoms with van der Waals surface area (Å²) < 4.78 is 5.01. The Morgan fingerprint density at radius 2 is 2.00 bits per heavy atom. The summed E-state index contributed by atoms with van der Waals surface area (Å²) in [5.74, 6) is 0.575. The summed E-state index contributed by atoms with van der Waals surface area (Å²) in [7, 11) is 1.63. The molecule has 19 heavy (non-hydrogen) atoms. The van der Waals surface area contributed by atoms with Gasteiger partial charge in [0.2, 0.25) is 0 Å². The number of rotatable bonds is 6. The zero-order valence-corrected chi connectivity index (χ0v) is 11.6. The minimum atomic E-state index is -0.120. The third-order valence-corrected chi connectivity index (χ3v) is 3.33. The molecule has 1 aromatic rings. The lowest BCUT2D eigenvalue weighted by Crippen LogP contribution is -2.44. The lowest BCUT2D eigenvalue weighted by molar-refractivity contribution is 0.170. The van der Waals surface area contributed by atoms with Gasteiger partial charge < -0.3 is 15.4 Å². The summed E-state index contributed by atoms with van der Waals surface area (Å²) in [6.45, 7) is 2.45. The van der Waals surface area contributed by atoms with Gasteiger partial charge in [-0.15, -0.1) is 0 Å². The van der Waals surface area contributed by atoms with Crippen LogP contribution in [0.4, 0.5) is 4.79 Å². The summed E-state index contributed by atoms with van der Waals surface area (Å²) in [6, 6.07) is 10.2. The summed E-state index contributed by atoms with van der Waals surface area (Å²) >= 11 is 0. The van der Waals surface area contributed by atoms with Crippen molar-refractivity contribution in [1.29, 1.82) is 0 Å². The van der Waals surface area contributed by atoms with Crippen LogP contribution in [0.15, 0.2) is 30.3 Å². The molecule has 1 aliphatic rings. The van der Waals surface area contributed by atoms with Gasteiger partial charge in [0.1, 0.15) is 0 Å². The number of ether oxygens (including phenoxy) is 1. The van der Waals surface area contributed by atoms with Crippen molar-refractivity contribution in [2.45, 2.75) is 31.8 Å². The number of hydrogen-bond acceptors (Lipinski definition) is 2. The molecular weight excluding hydrogens is 240 g/mol. The lowest BCUT2D eigenvalue weighted by Gasteiger charge is -2.21. The van der Waals surface area contributed by atoms with E-state index in [0.717, 1.165) is 0 Å². The fraction of sp³-hybridized carbons (Fsp3) is 0.533. The fourth-order valence-corrected chi connectivity index (χ4v) is 2.26. The third-order valence-electron chi connectivity index (χ3n) is 3.33. The third kappa shape index (κ3) is 4.24. The van der Waals surface area contributed by atoms with Crippen molar-refractivity contribution in [3.05, 3.63) is 35.9 Å². The van der Waals surface area contributed by atoms with Gasteiger partial charge in [-0.1, -0.05) is 30.3 Å². The van der Waals surface area contributed by atoms with Crippen LogP contribution >= 0.6 is 0 Å². The summed E-state index contributed by atoms with van der Waals surface area (Å²) in [4.78, 5) is 12.0. The average Bonchev–Trinajstić information content (AvgIpc) is 3.21. The van der Waals surface area contributed by atoms with Gasteiger partial charge >= 0.3 is 6.03 Å². The van der Waals surface area contributed by atoms with E-state index < -0.39 is 0 Å². The van der Waals surface area contributed by atoms with Crippen molar-refractivity contribution in [1.82, 2.24) is 10.6 Å². The summed E-state index contributed by atoms with van der Waals surface area (Å²) in [5.41, 5.74) is 1.18. The Morgan fingerprint density at radius 1 is 1.32 bits per heavy atom. The highest BCUT2D eigenvalue weighted by Gasteiger charge is 2.33. The van der Waals surface area contributed by atoms with Gasteiger partial charge in [0.15, 0.2) is 0 Å². The first-order valence-corrected chi connectivity index (χ1v) is 6.81. The summed E-state index contributed by atoms with van der Waals surface area (Å²) in [5, 5.41) is 5.97. The topological polar surface area (TPSA) is 50.4 Å². The monoisotopic (exact) mass is 262 g/mol. The van der Waals surface area contributed by atoms with Crippen LogP contribution < -0.4 is 10.6 Å². The molecule has 0 radical (unpaired) electrons. The molecule has 2 rings (SSSR count). The molecule has 0 heterocycles. The van der Waals surface area contributed by atoms with Crippen molar-refractivity contribution in [2.24, 2.45) is 5.92 Å². The van der Waals surface area contributed by atoms with E-state index in [9.17, 15) is 4.79 Å². The van der Waals surface area contributed by atoms with Crippen LogP contribution in [-0.2, 0) is 4.74 Å². The number of nitrogens with one attached hydrogen (secondary N) is 2. The Hall–Kier alpha value is -1.55. The zero-order chi connectivity index (χ0) is 13.7. The maximum absolute atomic E-state index is 12.0. The molecule has 0 saturated heterocycles. The highest BCUT2D eigenvalue weighted by atomic mass is 16.5. The molecule has 0 aliphatic heterocycles. The molecule has 2 amide bonds. The van der Waals surface area contributed by atoms with E-state index in [-0.39, 0.29) is 18.1 Å². The molecule has 1 aromatic carbocycles. The van der Waals surface area contributed by atoms with Gasteiger partial charge in [-0.25, -0.2) is 4.79 Å². The molecule has 2 unspecified atom stereocenters. The molecule has 0 bridgehead atoms. The van der Waals surface area contributed by atoms with Crippen molar-refractivity contribution in [3.8, 4) is 0 Å². The van der Waals surface area contributed by atoms with Crippen LogP contribution in [0.2, 0.25) is 0 Å². The number of methoxy groups -OCH3 is 1. The Balaban J connectivity index is 1.92. The maximum atomic E-state index is 12.0. The van der Waals surface area contributed by atoms with Gasteiger partial charge in [-0.2, -0.15) is 0 Å². The second-order valence-electron chi connectivity index (χ2n) is 5.20. The normalized spacial score (nSPS) is 17.6. The van der Waals surface area contributed by atoms with Gasteiger partial charge in [0, 0.05) is 7.11 Å². The Bertz CT molecular complexity index is 404. The van der Waals surface area contributed by atoms with Crippen LogP contribution in [0.25, 0.3) is 0 Å². The number of carbonyl (C=O) groups excluding carboxylic acids is 1. The molecule has 104 valence electrons. The average molecular weight is 262 g/mol. The number of urea groups is 1. The van der Waals surface area contributed by atoms with Crippen molar-refractivity contribution >= 4 is 6.03 Å². The standard InChI is InChI=1S/C15H22N2O2/c1-11(10-19-2)16-15(18)17-14(13-8-9-13)12-6-4-3-5-7-12/h3-7,11,13-14H,8-10H2,1-2H3,(H2,16,17,18). The predicted octanol–water partition coefficient (Wildman–Crippen LogP) is 2.47. The Labute approximate surface area is 114 Å². The van der Waals surface area contributed by atoms with Crippen LogP contribution in [0.3, 0.4) is 0 Å². The molecule has 1 aliphatic carbocycles. The first kappa shape index (κ1) is 13.9. The van der Waals surface area contributed by atoms with E-state index in [2.05, 4.69) is 22.8 Å². The van der Waals surface area contributed by atoms with E-state index in [1.807, 2.05) is 25.1 Å². The quantitative estimate of drug-likeness (QED) is 0.827. The van der Waals surface area contributed by atoms with Crippen molar-refractivity contribution < 1.29 is 9.53 Å². The lowest BCUT2D eigenvalue weighted by atomic mass is 10.0. The number of carbonyl (C=O) groups is 1. The van der Waals surface area contributed by atoms with Gasteiger partial charge in [-0.05, 0) is 31.2 Å². The molecule has 4 heteroatoms. The first-order chi connectivity index (χ1) is 9.20. The molecule has 0 aromatic heterocycles. The highest BCUT2D eigenvalue weighted by Crippen LogP contribution is 2.40. The van der Waals surface area contributed by atoms with Crippen LogP contribution in [0.1, 0.15) is 31.4 Å². The van der Waals surface area contributed by atoms with Gasteiger partial charge in [-0.3, -0.25) is 0 Å². The fourth-order valence-electron chi connectivity index (χ4n) is 2.26.